The van der Waals surface area contributed by atoms with Crippen LogP contribution >= 0.6 is 0 Å². The smallest absolute Gasteiger partial charge is 0.333 e. The predicted molar refractivity (Wildman–Crippen MR) is 101 cm³/mol. The maximum absolute atomic E-state index is 11.2. The third-order valence-electron chi connectivity index (χ3n) is 3.97. The molecule has 2 aromatic rings. The van der Waals surface area contributed by atoms with Gasteiger partial charge in [-0.25, -0.2) is 4.79 Å². The molecule has 1 saturated heterocycles. The Balaban J connectivity index is 1.46. The van der Waals surface area contributed by atoms with Crippen molar-refractivity contribution in [3.05, 3.63) is 48.6 Å². The first-order chi connectivity index (χ1) is 13.1. The molecule has 3 rings (SSSR count). The van der Waals surface area contributed by atoms with Gasteiger partial charge in [-0.05, 0) is 19.1 Å². The zero-order chi connectivity index (χ0) is 19.1. The molecule has 1 heterocycles. The molecule has 1 fully saturated rings. The Hall–Kier alpha value is -2.57. The van der Waals surface area contributed by atoms with Crippen molar-refractivity contribution < 1.29 is 28.5 Å². The molecular weight excluding hydrogens is 348 g/mol. The standard InChI is InChI=1S/C21H24O6/c1-15(2)21(22)25-12-10-23-9-11-24-19-7-8-20(27-14-16-13-26-16)18-6-4-3-5-17(18)19/h3-8,16H,1,9-14H2,2H3. The molecule has 0 bridgehead atoms. The summed E-state index contributed by atoms with van der Waals surface area (Å²) in [5, 5.41) is 1.99. The van der Waals surface area contributed by atoms with Gasteiger partial charge in [-0.2, -0.15) is 0 Å². The second-order valence-corrected chi connectivity index (χ2v) is 6.25. The van der Waals surface area contributed by atoms with Gasteiger partial charge in [0.1, 0.15) is 37.4 Å². The lowest BCUT2D eigenvalue weighted by Gasteiger charge is -2.13. The van der Waals surface area contributed by atoms with Gasteiger partial charge in [0.05, 0.1) is 19.8 Å². The molecule has 6 nitrogen and oxygen atoms in total. The van der Waals surface area contributed by atoms with Crippen LogP contribution in [0.4, 0.5) is 0 Å². The zero-order valence-corrected chi connectivity index (χ0v) is 15.4. The van der Waals surface area contributed by atoms with Crippen LogP contribution in [0.5, 0.6) is 11.5 Å². The number of benzene rings is 2. The lowest BCUT2D eigenvalue weighted by Crippen LogP contribution is -2.14. The van der Waals surface area contributed by atoms with E-state index in [4.69, 9.17) is 23.7 Å². The maximum atomic E-state index is 11.2. The van der Waals surface area contributed by atoms with Gasteiger partial charge in [0, 0.05) is 16.3 Å². The third kappa shape index (κ3) is 5.70. The van der Waals surface area contributed by atoms with Crippen LogP contribution in [0.25, 0.3) is 10.8 Å². The highest BCUT2D eigenvalue weighted by Gasteiger charge is 2.23. The monoisotopic (exact) mass is 372 g/mol. The lowest BCUT2D eigenvalue weighted by molar-refractivity contribution is -0.140. The Kier molecular flexibility index (Phi) is 6.68. The van der Waals surface area contributed by atoms with E-state index >= 15 is 0 Å². The molecule has 0 aliphatic carbocycles. The number of rotatable bonds is 11. The summed E-state index contributed by atoms with van der Waals surface area (Å²) >= 11 is 0. The van der Waals surface area contributed by atoms with E-state index in [-0.39, 0.29) is 12.7 Å². The largest absolute Gasteiger partial charge is 0.491 e. The van der Waals surface area contributed by atoms with Gasteiger partial charge >= 0.3 is 5.97 Å². The van der Waals surface area contributed by atoms with Crippen molar-refractivity contribution in [2.24, 2.45) is 0 Å². The summed E-state index contributed by atoms with van der Waals surface area (Å²) in [6, 6.07) is 11.8. The molecule has 0 aromatic heterocycles. The molecule has 1 aliphatic rings. The fourth-order valence-electron chi connectivity index (χ4n) is 2.47. The Morgan fingerprint density at radius 3 is 2.30 bits per heavy atom. The Labute approximate surface area is 158 Å². The van der Waals surface area contributed by atoms with E-state index in [1.165, 1.54) is 0 Å². The molecule has 1 aliphatic heterocycles. The van der Waals surface area contributed by atoms with Gasteiger partial charge in [-0.3, -0.25) is 0 Å². The summed E-state index contributed by atoms with van der Waals surface area (Å²) in [4.78, 5) is 11.2. The number of esters is 1. The fourth-order valence-corrected chi connectivity index (χ4v) is 2.47. The first kappa shape index (κ1) is 19.2. The average molecular weight is 372 g/mol. The lowest BCUT2D eigenvalue weighted by atomic mass is 10.1. The minimum Gasteiger partial charge on any atom is -0.491 e. The van der Waals surface area contributed by atoms with Gasteiger partial charge < -0.3 is 23.7 Å². The molecule has 2 aromatic carbocycles. The quantitative estimate of drug-likeness (QED) is 0.261. The van der Waals surface area contributed by atoms with E-state index in [1.807, 2.05) is 36.4 Å². The minimum absolute atomic E-state index is 0.200. The molecule has 0 spiro atoms. The third-order valence-corrected chi connectivity index (χ3v) is 3.97. The summed E-state index contributed by atoms with van der Waals surface area (Å²) in [6.45, 7) is 7.78. The summed E-state index contributed by atoms with van der Waals surface area (Å²) in [6.07, 6.45) is 0.214. The molecule has 1 atom stereocenters. The number of epoxide rings is 1. The highest BCUT2D eigenvalue weighted by Crippen LogP contribution is 2.33. The van der Waals surface area contributed by atoms with E-state index in [9.17, 15) is 4.79 Å². The van der Waals surface area contributed by atoms with Crippen LogP contribution in [0.15, 0.2) is 48.6 Å². The number of hydrogen-bond donors (Lipinski definition) is 0. The summed E-state index contributed by atoms with van der Waals surface area (Å²) in [5.74, 6) is 1.19. The van der Waals surface area contributed by atoms with Crippen molar-refractivity contribution in [1.29, 1.82) is 0 Å². The second-order valence-electron chi connectivity index (χ2n) is 6.25. The van der Waals surface area contributed by atoms with Gasteiger partial charge in [-0.1, -0.05) is 30.8 Å². The molecule has 0 N–H and O–H groups in total. The molecule has 6 heteroatoms. The van der Waals surface area contributed by atoms with Crippen molar-refractivity contribution in [2.75, 3.05) is 39.6 Å². The SMILES string of the molecule is C=C(C)C(=O)OCCOCCOc1ccc(OCC2CO2)c2ccccc12. The molecule has 1 unspecified atom stereocenters. The first-order valence-corrected chi connectivity index (χ1v) is 8.94. The average Bonchev–Trinajstić information content (AvgIpc) is 3.50. The summed E-state index contributed by atoms with van der Waals surface area (Å²) in [7, 11) is 0. The number of hydrogen-bond acceptors (Lipinski definition) is 6. The zero-order valence-electron chi connectivity index (χ0n) is 15.4. The van der Waals surface area contributed by atoms with E-state index in [0.717, 1.165) is 28.9 Å². The van der Waals surface area contributed by atoms with Crippen molar-refractivity contribution >= 4 is 16.7 Å². The van der Waals surface area contributed by atoms with Crippen LogP contribution in [0, 0.1) is 0 Å². The first-order valence-electron chi connectivity index (χ1n) is 8.94. The van der Waals surface area contributed by atoms with Gasteiger partial charge in [0.15, 0.2) is 0 Å². The Morgan fingerprint density at radius 1 is 1.04 bits per heavy atom. The minimum atomic E-state index is -0.406. The number of fused-ring (bicyclic) bond motifs is 1. The van der Waals surface area contributed by atoms with Crippen LogP contribution < -0.4 is 9.47 Å². The highest BCUT2D eigenvalue weighted by molar-refractivity contribution is 5.93. The van der Waals surface area contributed by atoms with E-state index < -0.39 is 5.97 Å². The second kappa shape index (κ2) is 9.39. The predicted octanol–water partition coefficient (Wildman–Crippen LogP) is 3.13. The van der Waals surface area contributed by atoms with Gasteiger partial charge in [0.25, 0.3) is 0 Å². The van der Waals surface area contributed by atoms with Crippen LogP contribution in [0.3, 0.4) is 0 Å². The maximum Gasteiger partial charge on any atom is 0.333 e. The van der Waals surface area contributed by atoms with Crippen LogP contribution in [-0.2, 0) is 19.0 Å². The fraction of sp³-hybridized carbons (Fsp3) is 0.381. The van der Waals surface area contributed by atoms with E-state index in [2.05, 4.69) is 6.58 Å². The summed E-state index contributed by atoms with van der Waals surface area (Å²) in [5.41, 5.74) is 0.377. The molecule has 144 valence electrons. The van der Waals surface area contributed by atoms with Crippen LogP contribution in [-0.4, -0.2) is 51.7 Å². The van der Waals surface area contributed by atoms with E-state index in [1.54, 1.807) is 6.92 Å². The van der Waals surface area contributed by atoms with Crippen molar-refractivity contribution in [3.63, 3.8) is 0 Å². The van der Waals surface area contributed by atoms with E-state index in [0.29, 0.717) is 32.0 Å². The number of carbonyl (C=O) groups is 1. The normalized spacial score (nSPS) is 15.4. The molecular formula is C21H24O6. The molecule has 27 heavy (non-hydrogen) atoms. The van der Waals surface area contributed by atoms with Gasteiger partial charge in [-0.15, -0.1) is 0 Å². The summed E-state index contributed by atoms with van der Waals surface area (Å²) < 4.78 is 27.3. The molecule has 0 saturated carbocycles. The highest BCUT2D eigenvalue weighted by atomic mass is 16.6. The van der Waals surface area contributed by atoms with Crippen molar-refractivity contribution in [2.45, 2.75) is 13.0 Å². The number of ether oxygens (including phenoxy) is 5. The Morgan fingerprint density at radius 2 is 1.67 bits per heavy atom. The van der Waals surface area contributed by atoms with Crippen molar-refractivity contribution in [1.82, 2.24) is 0 Å². The molecule has 0 radical (unpaired) electrons. The van der Waals surface area contributed by atoms with Gasteiger partial charge in [0.2, 0.25) is 0 Å². The number of carbonyl (C=O) groups excluding carboxylic acids is 1. The van der Waals surface area contributed by atoms with Crippen molar-refractivity contribution in [3.8, 4) is 11.5 Å². The topological polar surface area (TPSA) is 66.5 Å². The Bertz CT molecular complexity index is 796. The molecule has 0 amide bonds. The van der Waals surface area contributed by atoms with Crippen LogP contribution in [0.1, 0.15) is 6.92 Å². The van der Waals surface area contributed by atoms with Crippen LogP contribution in [0.2, 0.25) is 0 Å².